The number of nitrogens with zero attached hydrogens (tertiary/aromatic N) is 1. The Bertz CT molecular complexity index is 1170. The molecule has 1 atom stereocenters. The monoisotopic (exact) mass is 438 g/mol. The summed E-state index contributed by atoms with van der Waals surface area (Å²) in [6.07, 6.45) is 3.49. The number of aryl methyl sites for hydroxylation is 2. The molecule has 162 valence electrons. The molecular formula is C25H27ClN2O3. The van der Waals surface area contributed by atoms with Gasteiger partial charge in [0, 0.05) is 17.6 Å². The van der Waals surface area contributed by atoms with E-state index in [0.29, 0.717) is 22.5 Å². The highest BCUT2D eigenvalue weighted by molar-refractivity contribution is 6.31. The van der Waals surface area contributed by atoms with Crippen molar-refractivity contribution in [2.75, 3.05) is 19.6 Å². The van der Waals surface area contributed by atoms with Crippen LogP contribution in [0.15, 0.2) is 51.7 Å². The van der Waals surface area contributed by atoms with Gasteiger partial charge in [-0.25, -0.2) is 0 Å². The number of hydrogen-bond acceptors (Lipinski definition) is 4. The van der Waals surface area contributed by atoms with E-state index in [9.17, 15) is 9.59 Å². The lowest BCUT2D eigenvalue weighted by Gasteiger charge is -2.35. The van der Waals surface area contributed by atoms with Crippen molar-refractivity contribution in [2.45, 2.75) is 39.2 Å². The van der Waals surface area contributed by atoms with E-state index in [1.165, 1.54) is 12.5 Å². The number of nitrogens with one attached hydrogen (secondary N) is 1. The molecule has 3 aromatic rings. The lowest BCUT2D eigenvalue weighted by atomic mass is 10.0. The Morgan fingerprint density at radius 1 is 1.13 bits per heavy atom. The molecule has 2 aromatic carbocycles. The molecule has 31 heavy (non-hydrogen) atoms. The first-order valence-electron chi connectivity index (χ1n) is 10.8. The van der Waals surface area contributed by atoms with E-state index >= 15 is 0 Å². The first-order chi connectivity index (χ1) is 14.9. The Hall–Kier alpha value is -2.63. The number of amides is 1. The number of rotatable bonds is 5. The number of halogens is 1. The third kappa shape index (κ3) is 4.68. The molecule has 0 saturated carbocycles. The number of fused-ring (bicyclic) bond motifs is 1. The average molecular weight is 439 g/mol. The van der Waals surface area contributed by atoms with E-state index < -0.39 is 5.91 Å². The van der Waals surface area contributed by atoms with Crippen molar-refractivity contribution in [2.24, 2.45) is 0 Å². The molecule has 0 aliphatic carbocycles. The number of piperidine rings is 1. The zero-order valence-electron chi connectivity index (χ0n) is 17.9. The van der Waals surface area contributed by atoms with Crippen molar-refractivity contribution in [3.63, 3.8) is 0 Å². The summed E-state index contributed by atoms with van der Waals surface area (Å²) in [7, 11) is 0. The number of carbonyl (C=O) groups is 1. The summed E-state index contributed by atoms with van der Waals surface area (Å²) in [4.78, 5) is 27.9. The smallest absolute Gasteiger partial charge is 0.287 e. The average Bonchev–Trinajstić information content (AvgIpc) is 2.76. The second-order valence-corrected chi connectivity index (χ2v) is 8.68. The number of hydrogen-bond donors (Lipinski definition) is 1. The maximum atomic E-state index is 12.9. The zero-order valence-corrected chi connectivity index (χ0v) is 18.7. The van der Waals surface area contributed by atoms with Gasteiger partial charge in [-0.1, -0.05) is 42.3 Å². The van der Waals surface area contributed by atoms with E-state index in [1.807, 2.05) is 44.2 Å². The van der Waals surface area contributed by atoms with Gasteiger partial charge in [-0.05, 0) is 68.6 Å². The van der Waals surface area contributed by atoms with Crippen molar-refractivity contribution < 1.29 is 9.21 Å². The normalized spacial score (nSPS) is 15.7. The van der Waals surface area contributed by atoms with E-state index in [0.717, 1.165) is 42.6 Å². The minimum atomic E-state index is -0.395. The van der Waals surface area contributed by atoms with Crippen LogP contribution in [0.1, 0.15) is 52.5 Å². The summed E-state index contributed by atoms with van der Waals surface area (Å²) in [5.74, 6) is -0.367. The molecule has 0 spiro atoms. The molecule has 5 nitrogen and oxygen atoms in total. The summed E-state index contributed by atoms with van der Waals surface area (Å²) in [6, 6.07) is 12.7. The molecule has 1 fully saturated rings. The van der Waals surface area contributed by atoms with E-state index in [2.05, 4.69) is 10.2 Å². The third-order valence-corrected chi connectivity index (χ3v) is 6.28. The van der Waals surface area contributed by atoms with Gasteiger partial charge in [0.2, 0.25) is 0 Å². The van der Waals surface area contributed by atoms with Crippen molar-refractivity contribution in [1.82, 2.24) is 10.2 Å². The highest BCUT2D eigenvalue weighted by Crippen LogP contribution is 2.29. The standard InChI is InChI=1S/C25H27ClN2O3/c1-16-12-17(2)24-19(13-16)22(29)14-23(31-24)25(30)27-15-21(28-10-6-3-7-11-28)18-8-4-5-9-20(18)26/h4-5,8-9,12-14,21H,3,6-7,10-11,15H2,1-2H3,(H,27,30)/t21-/m0/s1. The van der Waals surface area contributed by atoms with Gasteiger partial charge < -0.3 is 9.73 Å². The van der Waals surface area contributed by atoms with E-state index in [-0.39, 0.29) is 17.2 Å². The van der Waals surface area contributed by atoms with Crippen LogP contribution in [0.2, 0.25) is 5.02 Å². The van der Waals surface area contributed by atoms with Gasteiger partial charge in [0.15, 0.2) is 11.2 Å². The minimum absolute atomic E-state index is 0.0287. The van der Waals surface area contributed by atoms with Crippen molar-refractivity contribution in [3.05, 3.63) is 80.2 Å². The fourth-order valence-electron chi connectivity index (χ4n) is 4.41. The van der Waals surface area contributed by atoms with Crippen molar-refractivity contribution in [3.8, 4) is 0 Å². The fraction of sp³-hybridized carbons (Fsp3) is 0.360. The van der Waals surface area contributed by atoms with Crippen LogP contribution in [0.4, 0.5) is 0 Å². The summed E-state index contributed by atoms with van der Waals surface area (Å²) in [5, 5.41) is 4.16. The maximum Gasteiger partial charge on any atom is 0.287 e. The molecule has 0 unspecified atom stereocenters. The van der Waals surface area contributed by atoms with Gasteiger partial charge >= 0.3 is 0 Å². The maximum absolute atomic E-state index is 12.9. The molecule has 4 rings (SSSR count). The molecule has 0 bridgehead atoms. The van der Waals surface area contributed by atoms with Crippen molar-refractivity contribution in [1.29, 1.82) is 0 Å². The summed E-state index contributed by atoms with van der Waals surface area (Å²) in [6.45, 7) is 6.13. The number of carbonyl (C=O) groups excluding carboxylic acids is 1. The predicted molar refractivity (Wildman–Crippen MR) is 124 cm³/mol. The second kappa shape index (κ2) is 9.25. The van der Waals surface area contributed by atoms with Crippen molar-refractivity contribution >= 4 is 28.5 Å². The molecular weight excluding hydrogens is 412 g/mol. The molecule has 1 amide bonds. The fourth-order valence-corrected chi connectivity index (χ4v) is 4.67. The zero-order chi connectivity index (χ0) is 22.0. The Kier molecular flexibility index (Phi) is 6.44. The second-order valence-electron chi connectivity index (χ2n) is 8.28. The molecule has 1 N–H and O–H groups in total. The van der Waals surface area contributed by atoms with Crippen LogP contribution >= 0.6 is 11.6 Å². The van der Waals surface area contributed by atoms with E-state index in [1.54, 1.807) is 6.07 Å². The van der Waals surface area contributed by atoms with Gasteiger partial charge in [-0.15, -0.1) is 0 Å². The minimum Gasteiger partial charge on any atom is -0.450 e. The molecule has 0 radical (unpaired) electrons. The SMILES string of the molecule is Cc1cc(C)c2oc(C(=O)NC[C@@H](c3ccccc3Cl)N3CCCCC3)cc(=O)c2c1. The Morgan fingerprint density at radius 3 is 2.61 bits per heavy atom. The summed E-state index contributed by atoms with van der Waals surface area (Å²) in [5.41, 5.74) is 3.07. The Balaban J connectivity index is 1.59. The molecule has 1 saturated heterocycles. The van der Waals surface area contributed by atoms with E-state index in [4.69, 9.17) is 16.0 Å². The molecule has 1 aliphatic rings. The third-order valence-electron chi connectivity index (χ3n) is 5.93. The van der Waals surface area contributed by atoms with Crippen LogP contribution in [0.5, 0.6) is 0 Å². The highest BCUT2D eigenvalue weighted by Gasteiger charge is 2.25. The molecule has 6 heteroatoms. The Morgan fingerprint density at radius 2 is 1.87 bits per heavy atom. The Labute approximate surface area is 187 Å². The largest absolute Gasteiger partial charge is 0.450 e. The summed E-state index contributed by atoms with van der Waals surface area (Å²) < 4.78 is 5.85. The van der Waals surface area contributed by atoms with Crippen LogP contribution in [-0.2, 0) is 0 Å². The quantitative estimate of drug-likeness (QED) is 0.607. The number of likely N-dealkylation sites (tertiary alicyclic amines) is 1. The van der Waals surface area contributed by atoms with Crippen LogP contribution in [0, 0.1) is 13.8 Å². The van der Waals surface area contributed by atoms with Crippen LogP contribution in [-0.4, -0.2) is 30.4 Å². The molecule has 1 aromatic heterocycles. The molecule has 2 heterocycles. The lowest BCUT2D eigenvalue weighted by molar-refractivity contribution is 0.0897. The predicted octanol–water partition coefficient (Wildman–Crippen LogP) is 5.02. The topological polar surface area (TPSA) is 62.6 Å². The first kappa shape index (κ1) is 21.6. The molecule has 1 aliphatic heterocycles. The van der Waals surface area contributed by atoms with Crippen LogP contribution in [0.25, 0.3) is 11.0 Å². The highest BCUT2D eigenvalue weighted by atomic mass is 35.5. The lowest BCUT2D eigenvalue weighted by Crippen LogP contribution is -2.40. The van der Waals surface area contributed by atoms with Gasteiger partial charge in [-0.2, -0.15) is 0 Å². The van der Waals surface area contributed by atoms with Crippen LogP contribution in [0.3, 0.4) is 0 Å². The van der Waals surface area contributed by atoms with Gasteiger partial charge in [0.25, 0.3) is 5.91 Å². The van der Waals surface area contributed by atoms with Gasteiger partial charge in [0.05, 0.1) is 11.4 Å². The van der Waals surface area contributed by atoms with Gasteiger partial charge in [0.1, 0.15) is 5.58 Å². The first-order valence-corrected chi connectivity index (χ1v) is 11.1. The van der Waals surface area contributed by atoms with Gasteiger partial charge in [-0.3, -0.25) is 14.5 Å². The number of benzene rings is 2. The summed E-state index contributed by atoms with van der Waals surface area (Å²) >= 11 is 6.49. The van der Waals surface area contributed by atoms with Crippen LogP contribution < -0.4 is 10.7 Å².